The van der Waals surface area contributed by atoms with Gasteiger partial charge >= 0.3 is 17.6 Å². The summed E-state index contributed by atoms with van der Waals surface area (Å²) in [6.45, 7) is 0. The molecule has 6 heteroatoms. The topological polar surface area (TPSA) is 82.8 Å². The number of carbonyl (C=O) groups excluding carboxylic acids is 2. The molecule has 0 aliphatic rings. The Kier molecular flexibility index (Phi) is 4.90. The van der Waals surface area contributed by atoms with E-state index in [4.69, 9.17) is 13.9 Å². The van der Waals surface area contributed by atoms with Crippen molar-refractivity contribution < 1.29 is 23.5 Å². The van der Waals surface area contributed by atoms with Gasteiger partial charge in [-0.05, 0) is 36.4 Å². The van der Waals surface area contributed by atoms with Crippen LogP contribution in [0.1, 0.15) is 20.7 Å². The fourth-order valence-corrected chi connectivity index (χ4v) is 2.70. The molecule has 4 aromatic rings. The Hall–Kier alpha value is -4.19. The van der Waals surface area contributed by atoms with Gasteiger partial charge in [-0.2, -0.15) is 0 Å². The van der Waals surface area contributed by atoms with Crippen LogP contribution < -0.4 is 15.1 Å². The number of ether oxygens (including phenoxy) is 2. The van der Waals surface area contributed by atoms with Gasteiger partial charge in [-0.1, -0.05) is 36.4 Å². The monoisotopic (exact) mass is 386 g/mol. The van der Waals surface area contributed by atoms with Crippen LogP contribution in [-0.4, -0.2) is 11.9 Å². The Bertz CT molecular complexity index is 1240. The highest BCUT2D eigenvalue weighted by atomic mass is 16.6. The molecule has 0 unspecified atom stereocenters. The molecule has 142 valence electrons. The van der Waals surface area contributed by atoms with E-state index in [0.29, 0.717) is 16.5 Å². The summed E-state index contributed by atoms with van der Waals surface area (Å²) in [5, 5.41) is 0.514. The van der Waals surface area contributed by atoms with Crippen LogP contribution in [0.15, 0.2) is 94.1 Å². The van der Waals surface area contributed by atoms with Crippen molar-refractivity contribution in [1.29, 1.82) is 0 Å². The van der Waals surface area contributed by atoms with Crippen LogP contribution in [0.4, 0.5) is 0 Å². The number of benzene rings is 3. The van der Waals surface area contributed by atoms with Gasteiger partial charge in [0.05, 0.1) is 11.1 Å². The Labute approximate surface area is 164 Å². The molecule has 3 aromatic carbocycles. The number of hydrogen-bond donors (Lipinski definition) is 0. The molecule has 29 heavy (non-hydrogen) atoms. The van der Waals surface area contributed by atoms with Gasteiger partial charge in [-0.15, -0.1) is 0 Å². The third-order valence-corrected chi connectivity index (χ3v) is 4.11. The van der Waals surface area contributed by atoms with Gasteiger partial charge in [0.1, 0.15) is 5.58 Å². The summed E-state index contributed by atoms with van der Waals surface area (Å²) in [7, 11) is 0. The van der Waals surface area contributed by atoms with Gasteiger partial charge in [-0.25, -0.2) is 14.4 Å². The lowest BCUT2D eigenvalue weighted by Crippen LogP contribution is -2.12. The molecular weight excluding hydrogens is 372 g/mol. The summed E-state index contributed by atoms with van der Waals surface area (Å²) < 4.78 is 16.1. The minimum Gasteiger partial charge on any atom is -0.423 e. The number of carbonyl (C=O) groups is 2. The molecule has 0 fully saturated rings. The van der Waals surface area contributed by atoms with Crippen molar-refractivity contribution in [2.75, 3.05) is 0 Å². The lowest BCUT2D eigenvalue weighted by Gasteiger charge is -2.12. The van der Waals surface area contributed by atoms with Crippen LogP contribution in [0, 0.1) is 0 Å². The highest BCUT2D eigenvalue weighted by Gasteiger charge is 2.18. The van der Waals surface area contributed by atoms with Crippen LogP contribution in [0.2, 0.25) is 0 Å². The number of rotatable bonds is 4. The number of fused-ring (bicyclic) bond motifs is 1. The SMILES string of the molecule is O=C(Oc1cc2ccc(=O)oc2cc1OC(=O)c1ccccc1)c1ccccc1. The van der Waals surface area contributed by atoms with E-state index in [0.717, 1.165) is 0 Å². The Balaban J connectivity index is 1.73. The van der Waals surface area contributed by atoms with Gasteiger partial charge in [0.25, 0.3) is 0 Å². The summed E-state index contributed by atoms with van der Waals surface area (Å²) >= 11 is 0. The Morgan fingerprint density at radius 3 is 1.72 bits per heavy atom. The van der Waals surface area contributed by atoms with Crippen molar-refractivity contribution in [1.82, 2.24) is 0 Å². The zero-order chi connectivity index (χ0) is 20.2. The minimum absolute atomic E-state index is 0.0319. The molecule has 4 rings (SSSR count). The smallest absolute Gasteiger partial charge is 0.343 e. The average molecular weight is 386 g/mol. The highest BCUT2D eigenvalue weighted by molar-refractivity contribution is 5.94. The van der Waals surface area contributed by atoms with E-state index < -0.39 is 17.6 Å². The fraction of sp³-hybridized carbons (Fsp3) is 0. The first kappa shape index (κ1) is 18.2. The standard InChI is InChI=1S/C23H14O6/c24-21-12-11-17-13-19(28-22(25)15-7-3-1-4-8-15)20(14-18(17)27-21)29-23(26)16-9-5-2-6-10-16/h1-14H. The van der Waals surface area contributed by atoms with Crippen molar-refractivity contribution in [3.8, 4) is 11.5 Å². The third-order valence-electron chi connectivity index (χ3n) is 4.11. The zero-order valence-electron chi connectivity index (χ0n) is 15.0. The van der Waals surface area contributed by atoms with Crippen LogP contribution in [0.3, 0.4) is 0 Å². The van der Waals surface area contributed by atoms with Gasteiger partial charge in [0, 0.05) is 17.5 Å². The van der Waals surface area contributed by atoms with Crippen LogP contribution >= 0.6 is 0 Å². The molecule has 0 atom stereocenters. The van der Waals surface area contributed by atoms with E-state index >= 15 is 0 Å². The maximum atomic E-state index is 12.5. The second-order valence-electron chi connectivity index (χ2n) is 6.10. The number of hydrogen-bond acceptors (Lipinski definition) is 6. The highest BCUT2D eigenvalue weighted by Crippen LogP contribution is 2.33. The second-order valence-corrected chi connectivity index (χ2v) is 6.10. The summed E-state index contributed by atoms with van der Waals surface area (Å²) in [5.74, 6) is -1.26. The average Bonchev–Trinajstić information content (AvgIpc) is 2.75. The van der Waals surface area contributed by atoms with Gasteiger partial charge in [0.2, 0.25) is 0 Å². The van der Waals surface area contributed by atoms with E-state index in [2.05, 4.69) is 0 Å². The predicted octanol–water partition coefficient (Wildman–Crippen LogP) is 4.23. The minimum atomic E-state index is -0.639. The van der Waals surface area contributed by atoms with E-state index in [1.54, 1.807) is 60.7 Å². The molecule has 1 heterocycles. The first-order valence-corrected chi connectivity index (χ1v) is 8.72. The molecule has 0 saturated carbocycles. The summed E-state index contributed by atoms with van der Waals surface area (Å²) in [5.41, 5.74) is 0.315. The third kappa shape index (κ3) is 4.06. The first-order valence-electron chi connectivity index (χ1n) is 8.72. The Morgan fingerprint density at radius 2 is 1.17 bits per heavy atom. The van der Waals surface area contributed by atoms with E-state index in [-0.39, 0.29) is 17.1 Å². The van der Waals surface area contributed by atoms with E-state index in [9.17, 15) is 14.4 Å². The van der Waals surface area contributed by atoms with Gasteiger partial charge in [-0.3, -0.25) is 0 Å². The van der Waals surface area contributed by atoms with Crippen molar-refractivity contribution in [2.45, 2.75) is 0 Å². The maximum absolute atomic E-state index is 12.5. The molecule has 0 bridgehead atoms. The van der Waals surface area contributed by atoms with Gasteiger partial charge in [0.15, 0.2) is 11.5 Å². The van der Waals surface area contributed by atoms with Crippen LogP contribution in [-0.2, 0) is 0 Å². The van der Waals surface area contributed by atoms with Crippen molar-refractivity contribution in [3.05, 3.63) is 106 Å². The molecule has 0 spiro atoms. The number of esters is 2. The molecule has 0 N–H and O–H groups in total. The van der Waals surface area contributed by atoms with E-state index in [1.807, 2.05) is 0 Å². The lowest BCUT2D eigenvalue weighted by atomic mass is 10.2. The van der Waals surface area contributed by atoms with Gasteiger partial charge < -0.3 is 13.9 Å². The van der Waals surface area contributed by atoms with Crippen molar-refractivity contribution in [2.24, 2.45) is 0 Å². The summed E-state index contributed by atoms with van der Waals surface area (Å²) in [6.07, 6.45) is 0. The fourth-order valence-electron chi connectivity index (χ4n) is 2.70. The lowest BCUT2D eigenvalue weighted by molar-refractivity contribution is 0.0682. The molecule has 0 amide bonds. The summed E-state index contributed by atoms with van der Waals surface area (Å²) in [6, 6.07) is 22.4. The second kappa shape index (κ2) is 7.82. The summed E-state index contributed by atoms with van der Waals surface area (Å²) in [4.78, 5) is 36.5. The van der Waals surface area contributed by atoms with Crippen molar-refractivity contribution in [3.63, 3.8) is 0 Å². The Morgan fingerprint density at radius 1 is 0.655 bits per heavy atom. The predicted molar refractivity (Wildman–Crippen MR) is 105 cm³/mol. The molecule has 0 radical (unpaired) electrons. The van der Waals surface area contributed by atoms with Crippen LogP contribution in [0.5, 0.6) is 11.5 Å². The maximum Gasteiger partial charge on any atom is 0.343 e. The molecule has 1 aromatic heterocycles. The van der Waals surface area contributed by atoms with Crippen LogP contribution in [0.25, 0.3) is 11.0 Å². The van der Waals surface area contributed by atoms with E-state index in [1.165, 1.54) is 24.3 Å². The molecule has 0 aliphatic carbocycles. The zero-order valence-corrected chi connectivity index (χ0v) is 15.0. The normalized spacial score (nSPS) is 10.5. The molecule has 0 aliphatic heterocycles. The first-order chi connectivity index (χ1) is 14.1. The van der Waals surface area contributed by atoms with Crippen molar-refractivity contribution >= 4 is 22.9 Å². The largest absolute Gasteiger partial charge is 0.423 e. The molecule has 0 saturated heterocycles. The quantitative estimate of drug-likeness (QED) is 0.297. The molecule has 6 nitrogen and oxygen atoms in total. The molecular formula is C23H14O6.